The van der Waals surface area contributed by atoms with Gasteiger partial charge in [-0.05, 0) is 247 Å². The standard InChI is InChI=1S/C26H35F3O6.C26H40O5.C25H37NO4.C20H36O5/c1-17(2)35-25(33)11-6-4-3-5-10-21-22(24(32)15-23(21)31)13-12-19(30)16-34-20-9-7-8-18(14-20)26(27,28)29;1-19(2)31-26(30)13-9-4-3-8-12-22-23(25(29)18-24(22)28)17-16-21(27)15-14-20-10-6-5-7-11-20;1-2-26-25(30)13-9-4-3-8-12-21-22(24(29)18-23(21)28)17-16-20(27)15-14-19-10-6-5-7-11-19;1-2-3-6-9-15(21)12-13-17-16(18(22)14-19(17)23)10-7-4-5-8-11-20(24)25/h3,5,7-9,12-14,17,19,21-24,30-32H,4,6,10-11,15-16H2,1-2H3;3,5-8,10-11,19,21-25,27-29H,4,9,12-18H2,1-2H3;3,5-8,10-11,16-17,20-24,27-29H,2,4,9,12-15,18H2,1H3,(H,26,30);4,7,15-19,21-23H,2-3,5-6,8-14H2,1H3,(H,24,25)/b5-3-,13-12+;8-3-;8-3-,17-16+;7-4-/t19-,21-,22-,23+,24-;21-,22+,23+,24-,25+;20-,21+,22+,23-,24+;15-,16+,17+,18-,19+/m1000/s1. The number of carbonyl (C=O) groups is 4. The van der Waals surface area contributed by atoms with Gasteiger partial charge in [0.1, 0.15) is 18.5 Å². The third-order valence-corrected chi connectivity index (χ3v) is 23.0. The molecule has 0 spiro atoms. The van der Waals surface area contributed by atoms with Crippen LogP contribution in [-0.2, 0) is 47.7 Å². The maximum Gasteiger partial charge on any atom is 0.416 e. The number of unbranched alkanes of at least 4 members (excludes halogenated alkanes) is 6. The fourth-order valence-corrected chi connectivity index (χ4v) is 16.4. The Morgan fingerprint density at radius 2 is 0.860 bits per heavy atom. The van der Waals surface area contributed by atoms with Crippen LogP contribution < -0.4 is 10.1 Å². The van der Waals surface area contributed by atoms with E-state index in [-0.39, 0.29) is 109 Å². The zero-order valence-corrected chi connectivity index (χ0v) is 72.6. The number of carbonyl (C=O) groups excluding carboxylic acids is 3. The first-order chi connectivity index (χ1) is 57.8. The first-order valence-electron chi connectivity index (χ1n) is 44.7. The maximum absolute atomic E-state index is 12.8. The van der Waals surface area contributed by atoms with E-state index in [0.717, 1.165) is 89.2 Å². The van der Waals surface area contributed by atoms with Crippen molar-refractivity contribution >= 4 is 23.8 Å². The Labute approximate surface area is 718 Å². The quantitative estimate of drug-likeness (QED) is 0.0142. The smallest absolute Gasteiger partial charge is 0.416 e. The third kappa shape index (κ3) is 45.0. The number of aliphatic carboxylic acids is 1. The number of aliphatic hydroxyl groups excluding tert-OH is 12. The second-order valence-electron chi connectivity index (χ2n) is 33.7. The summed E-state index contributed by atoms with van der Waals surface area (Å²) in [7, 11) is 0. The molecule has 24 heteroatoms. The molecule has 0 radical (unpaired) electrons. The second-order valence-corrected chi connectivity index (χ2v) is 33.7. The van der Waals surface area contributed by atoms with Gasteiger partial charge in [-0.15, -0.1) is 0 Å². The zero-order chi connectivity index (χ0) is 89.1. The molecule has 14 N–H and O–H groups in total. The van der Waals surface area contributed by atoms with Crippen LogP contribution in [0, 0.1) is 47.3 Å². The topological polar surface area (TPSA) is 371 Å². The normalized spacial score (nSPS) is 25.2. The van der Waals surface area contributed by atoms with Gasteiger partial charge in [-0.1, -0.05) is 166 Å². The van der Waals surface area contributed by atoms with E-state index in [0.29, 0.717) is 122 Å². The average Bonchev–Trinajstić information content (AvgIpc) is 1.73. The summed E-state index contributed by atoms with van der Waals surface area (Å²) in [5.74, 6) is -1.89. The molecule has 0 bridgehead atoms. The number of rotatable bonds is 50. The fourth-order valence-electron chi connectivity index (χ4n) is 16.4. The number of carboxylic acid groups (broad SMARTS) is 1. The molecule has 121 heavy (non-hydrogen) atoms. The van der Waals surface area contributed by atoms with Gasteiger partial charge in [-0.3, -0.25) is 19.2 Å². The lowest BCUT2D eigenvalue weighted by molar-refractivity contribution is -0.148. The summed E-state index contributed by atoms with van der Waals surface area (Å²) in [4.78, 5) is 45.0. The van der Waals surface area contributed by atoms with Crippen molar-refractivity contribution < 1.29 is 113 Å². The van der Waals surface area contributed by atoms with Gasteiger partial charge in [0.25, 0.3) is 0 Å². The number of allylic oxidation sites excluding steroid dienone is 8. The summed E-state index contributed by atoms with van der Waals surface area (Å²) in [6.45, 7) is 11.7. The number of aliphatic hydroxyl groups is 12. The van der Waals surface area contributed by atoms with Crippen LogP contribution in [0.2, 0.25) is 0 Å². The molecule has 3 aromatic carbocycles. The average molecular weight is 1710 g/mol. The lowest BCUT2D eigenvalue weighted by atomic mass is 9.85. The summed E-state index contributed by atoms with van der Waals surface area (Å²) in [5.41, 5.74) is 1.57. The molecule has 4 aliphatic carbocycles. The van der Waals surface area contributed by atoms with Crippen LogP contribution in [0.25, 0.3) is 0 Å². The molecule has 20 atom stereocenters. The predicted molar refractivity (Wildman–Crippen MR) is 465 cm³/mol. The van der Waals surface area contributed by atoms with Gasteiger partial charge in [0.2, 0.25) is 5.91 Å². The Bertz CT molecular complexity index is 3460. The molecule has 4 saturated carbocycles. The number of alkyl halides is 3. The minimum atomic E-state index is -4.49. The van der Waals surface area contributed by atoms with E-state index in [1.165, 1.54) is 29.3 Å². The number of amides is 1. The van der Waals surface area contributed by atoms with Gasteiger partial charge in [0, 0.05) is 56.9 Å². The Morgan fingerprint density at radius 1 is 0.455 bits per heavy atom. The lowest BCUT2D eigenvalue weighted by Gasteiger charge is -2.23. The number of halogens is 3. The molecule has 0 unspecified atom stereocenters. The predicted octanol–water partition coefficient (Wildman–Crippen LogP) is 15.0. The van der Waals surface area contributed by atoms with Gasteiger partial charge < -0.3 is 85.9 Å². The second kappa shape index (κ2) is 60.6. The van der Waals surface area contributed by atoms with Gasteiger partial charge in [0.05, 0.1) is 84.9 Å². The van der Waals surface area contributed by atoms with Crippen molar-refractivity contribution in [2.45, 2.75) is 339 Å². The third-order valence-electron chi connectivity index (χ3n) is 23.0. The van der Waals surface area contributed by atoms with Crippen molar-refractivity contribution in [2.75, 3.05) is 13.2 Å². The summed E-state index contributed by atoms with van der Waals surface area (Å²) in [6, 6.07) is 24.6. The van der Waals surface area contributed by atoms with Gasteiger partial charge in [-0.2, -0.15) is 13.2 Å². The van der Waals surface area contributed by atoms with Crippen molar-refractivity contribution in [3.8, 4) is 5.75 Å². The van der Waals surface area contributed by atoms with Crippen molar-refractivity contribution in [2.24, 2.45) is 47.3 Å². The van der Waals surface area contributed by atoms with E-state index < -0.39 is 84.9 Å². The highest BCUT2D eigenvalue weighted by Gasteiger charge is 2.44. The highest BCUT2D eigenvalue weighted by molar-refractivity contribution is 5.75. The number of nitrogens with one attached hydrogen (secondary N) is 1. The number of carboxylic acids is 1. The monoisotopic (exact) mass is 1700 g/mol. The van der Waals surface area contributed by atoms with Gasteiger partial charge in [-0.25, -0.2) is 0 Å². The minimum absolute atomic E-state index is 0.00652. The zero-order valence-electron chi connectivity index (χ0n) is 72.6. The molecule has 4 fully saturated rings. The van der Waals surface area contributed by atoms with Crippen LogP contribution >= 0.6 is 0 Å². The lowest BCUT2D eigenvalue weighted by Crippen LogP contribution is -2.23. The molecule has 0 saturated heterocycles. The number of benzene rings is 3. The van der Waals surface area contributed by atoms with Crippen LogP contribution in [-0.4, -0.2) is 189 Å². The van der Waals surface area contributed by atoms with Crippen LogP contribution in [0.3, 0.4) is 0 Å². The van der Waals surface area contributed by atoms with Crippen molar-refractivity contribution in [1.82, 2.24) is 5.32 Å². The van der Waals surface area contributed by atoms with Crippen molar-refractivity contribution in [1.29, 1.82) is 0 Å². The first kappa shape index (κ1) is 106. The fraction of sp³-hybridized carbons (Fsp3) is 0.649. The van der Waals surface area contributed by atoms with E-state index in [1.54, 1.807) is 26.0 Å². The molecule has 21 nitrogen and oxygen atoms in total. The van der Waals surface area contributed by atoms with Gasteiger partial charge >= 0.3 is 24.1 Å². The van der Waals surface area contributed by atoms with E-state index in [9.17, 15) is 93.6 Å². The SMILES string of the molecule is CC(C)OC(=O)CCC/C=C\C[C@@H]1[C@@H](/C=C/[C@@H](O)COc2cccc(C(F)(F)F)c2)[C@H](O)C[C@@H]1O.CC(C)OC(=O)CCC/C=C\C[C@@H]1[C@@H](CC[C@@H](O)CCc2ccccc2)[C@H](O)C[C@@H]1O.CCCCC[C@H](O)CC[C@@H]1[C@@H](C/C=C\CCCC(=O)O)[C@@H](O)C[C@H]1O.CCNC(=O)CCC/C=C\C[C@@H]1[C@@H](/C=C/[C@@H](O)CCc2ccccc2)[C@H](O)C[C@@H]1O. The van der Waals surface area contributed by atoms with Crippen LogP contribution in [0.4, 0.5) is 13.2 Å². The summed E-state index contributed by atoms with van der Waals surface area (Å²) >= 11 is 0. The molecule has 7 rings (SSSR count). The number of aryl methyl sites for hydroxylation is 2. The summed E-state index contributed by atoms with van der Waals surface area (Å²) in [5, 5.41) is 135. The van der Waals surface area contributed by atoms with E-state index >= 15 is 0 Å². The molecule has 682 valence electrons. The minimum Gasteiger partial charge on any atom is -0.491 e. The number of hydrogen-bond acceptors (Lipinski definition) is 19. The van der Waals surface area contributed by atoms with Gasteiger partial charge in [0.15, 0.2) is 0 Å². The molecule has 0 aromatic heterocycles. The summed E-state index contributed by atoms with van der Waals surface area (Å²) in [6.07, 6.45) is 32.1. The summed E-state index contributed by atoms with van der Waals surface area (Å²) < 4.78 is 53.9. The highest BCUT2D eigenvalue weighted by atomic mass is 19.4. The van der Waals surface area contributed by atoms with Crippen molar-refractivity contribution in [3.05, 3.63) is 175 Å². The molecule has 0 aliphatic heterocycles. The van der Waals surface area contributed by atoms with Crippen LogP contribution in [0.1, 0.15) is 251 Å². The number of ether oxygens (including phenoxy) is 3. The largest absolute Gasteiger partial charge is 0.491 e. The number of hydrogen-bond donors (Lipinski definition) is 14. The maximum atomic E-state index is 12.8. The van der Waals surface area contributed by atoms with Crippen LogP contribution in [0.15, 0.2) is 158 Å². The highest BCUT2D eigenvalue weighted by Crippen LogP contribution is 2.42. The van der Waals surface area contributed by atoms with E-state index in [2.05, 4.69) is 30.4 Å². The Kier molecular flexibility index (Phi) is 53.3. The van der Waals surface area contributed by atoms with E-state index in [1.807, 2.05) is 118 Å². The molecule has 1 amide bonds. The Morgan fingerprint density at radius 3 is 1.30 bits per heavy atom. The molecule has 3 aromatic rings. The molecule has 4 aliphatic rings. The molecular formula is C97H148F3NO20. The number of esters is 2. The van der Waals surface area contributed by atoms with Crippen LogP contribution in [0.5, 0.6) is 5.75 Å². The Hall–Kier alpha value is -6.91. The first-order valence-corrected chi connectivity index (χ1v) is 44.7. The molecular weight excluding hydrogens is 1560 g/mol. The van der Waals surface area contributed by atoms with Crippen molar-refractivity contribution in [3.63, 3.8) is 0 Å². The van der Waals surface area contributed by atoms with E-state index in [4.69, 9.17) is 19.3 Å². The Balaban J connectivity index is 0.000000341. The molecule has 0 heterocycles.